The minimum atomic E-state index is 0.481. The Morgan fingerprint density at radius 1 is 1.47 bits per heavy atom. The van der Waals surface area contributed by atoms with Crippen LogP contribution in [0.25, 0.3) is 5.57 Å². The van der Waals surface area contributed by atoms with Crippen LogP contribution in [0.5, 0.6) is 0 Å². The lowest BCUT2D eigenvalue weighted by Gasteiger charge is -2.25. The molecule has 1 aromatic rings. The average molecular weight is 221 g/mol. The van der Waals surface area contributed by atoms with Crippen molar-refractivity contribution in [3.8, 4) is 0 Å². The molecule has 1 aromatic carbocycles. The summed E-state index contributed by atoms with van der Waals surface area (Å²) in [5, 5.41) is 4.34. The van der Waals surface area contributed by atoms with E-state index >= 15 is 0 Å². The predicted molar refractivity (Wildman–Crippen MR) is 64.1 cm³/mol. The molecule has 0 spiro atoms. The van der Waals surface area contributed by atoms with E-state index in [0.29, 0.717) is 6.04 Å². The monoisotopic (exact) mass is 220 g/mol. The van der Waals surface area contributed by atoms with Crippen LogP contribution in [-0.2, 0) is 0 Å². The first-order chi connectivity index (χ1) is 7.24. The topological polar surface area (TPSA) is 15.3 Å². The zero-order valence-corrected chi connectivity index (χ0v) is 9.38. The Labute approximate surface area is 94.5 Å². The summed E-state index contributed by atoms with van der Waals surface area (Å²) in [6.07, 6.45) is 3.39. The molecule has 2 aliphatic rings. The van der Waals surface area contributed by atoms with Gasteiger partial charge < -0.3 is 10.2 Å². The molecule has 2 heterocycles. The first kappa shape index (κ1) is 9.10. The third-order valence-electron chi connectivity index (χ3n) is 3.13. The van der Waals surface area contributed by atoms with Crippen molar-refractivity contribution >= 4 is 22.9 Å². The smallest absolute Gasteiger partial charge is 0.0551 e. The lowest BCUT2D eigenvalue weighted by molar-refractivity contribution is 0.423. The second-order valence-electron chi connectivity index (χ2n) is 4.24. The molecule has 0 aliphatic carbocycles. The Balaban J connectivity index is 2.12. The van der Waals surface area contributed by atoms with Crippen LogP contribution in [0.2, 0.25) is 5.02 Å². The largest absolute Gasteiger partial charge is 0.380 e. The third kappa shape index (κ3) is 1.40. The molecule has 0 aromatic heterocycles. The van der Waals surface area contributed by atoms with Gasteiger partial charge in [0.15, 0.2) is 0 Å². The first-order valence-electron chi connectivity index (χ1n) is 5.22. The van der Waals surface area contributed by atoms with Gasteiger partial charge in [-0.05, 0) is 30.2 Å². The number of nitrogens with zero attached hydrogens (tertiary/aromatic N) is 1. The highest BCUT2D eigenvalue weighted by atomic mass is 35.5. The standard InChI is InChI=1S/C12H13ClN2/c1-15-5-4-12-10(7-15)9-6-8(13)2-3-11(9)14-12/h2-3,6-7,12,14H,4-5H2,1H3. The van der Waals surface area contributed by atoms with Crippen molar-refractivity contribution in [2.45, 2.75) is 12.5 Å². The molecule has 2 aliphatic heterocycles. The van der Waals surface area contributed by atoms with Crippen LogP contribution in [0.15, 0.2) is 24.4 Å². The summed E-state index contributed by atoms with van der Waals surface area (Å²) in [7, 11) is 2.12. The van der Waals surface area contributed by atoms with Crippen LogP contribution in [0.1, 0.15) is 12.0 Å². The van der Waals surface area contributed by atoms with E-state index in [0.717, 1.165) is 18.0 Å². The number of hydrogen-bond acceptors (Lipinski definition) is 2. The third-order valence-corrected chi connectivity index (χ3v) is 3.36. The number of nitrogens with one attached hydrogen (secondary N) is 1. The van der Waals surface area contributed by atoms with Gasteiger partial charge >= 0.3 is 0 Å². The summed E-state index contributed by atoms with van der Waals surface area (Å²) >= 11 is 6.02. The predicted octanol–water partition coefficient (Wildman–Crippen LogP) is 2.81. The lowest BCUT2D eigenvalue weighted by Crippen LogP contribution is -2.28. The van der Waals surface area contributed by atoms with Crippen LogP contribution in [0.3, 0.4) is 0 Å². The maximum absolute atomic E-state index is 6.02. The molecule has 78 valence electrons. The zero-order valence-electron chi connectivity index (χ0n) is 8.63. The molecule has 1 atom stereocenters. The SMILES string of the molecule is CN1C=C2c3cc(Cl)ccc3NC2CC1. The van der Waals surface area contributed by atoms with E-state index in [-0.39, 0.29) is 0 Å². The van der Waals surface area contributed by atoms with Crippen molar-refractivity contribution in [1.29, 1.82) is 0 Å². The van der Waals surface area contributed by atoms with Gasteiger partial charge in [-0.3, -0.25) is 0 Å². The maximum Gasteiger partial charge on any atom is 0.0551 e. The van der Waals surface area contributed by atoms with Crippen LogP contribution in [0, 0.1) is 0 Å². The van der Waals surface area contributed by atoms with Crippen molar-refractivity contribution in [2.75, 3.05) is 18.9 Å². The highest BCUT2D eigenvalue weighted by Gasteiger charge is 2.29. The zero-order chi connectivity index (χ0) is 10.4. The Hall–Kier alpha value is -1.15. The van der Waals surface area contributed by atoms with E-state index in [4.69, 9.17) is 11.6 Å². The molecule has 0 saturated heterocycles. The summed E-state index contributed by atoms with van der Waals surface area (Å²) in [5.74, 6) is 0. The highest BCUT2D eigenvalue weighted by Crippen LogP contribution is 2.39. The summed E-state index contributed by atoms with van der Waals surface area (Å²) in [4.78, 5) is 2.24. The quantitative estimate of drug-likeness (QED) is 0.724. The number of rotatable bonds is 0. The van der Waals surface area contributed by atoms with Gasteiger partial charge in [-0.2, -0.15) is 0 Å². The number of fused-ring (bicyclic) bond motifs is 3. The molecule has 0 saturated carbocycles. The average Bonchev–Trinajstić information content (AvgIpc) is 2.56. The van der Waals surface area contributed by atoms with Crippen LogP contribution >= 0.6 is 11.6 Å². The van der Waals surface area contributed by atoms with Gasteiger partial charge in [0.25, 0.3) is 0 Å². The Morgan fingerprint density at radius 2 is 2.33 bits per heavy atom. The second-order valence-corrected chi connectivity index (χ2v) is 4.68. The first-order valence-corrected chi connectivity index (χ1v) is 5.60. The van der Waals surface area contributed by atoms with E-state index in [2.05, 4.69) is 35.6 Å². The summed E-state index contributed by atoms with van der Waals surface area (Å²) in [5.41, 5.74) is 3.85. The lowest BCUT2D eigenvalue weighted by atomic mass is 9.98. The van der Waals surface area contributed by atoms with Crippen LogP contribution in [0.4, 0.5) is 5.69 Å². The van der Waals surface area contributed by atoms with E-state index < -0.39 is 0 Å². The fourth-order valence-electron chi connectivity index (χ4n) is 2.36. The number of hydrogen-bond donors (Lipinski definition) is 1. The van der Waals surface area contributed by atoms with Gasteiger partial charge in [0.05, 0.1) is 6.04 Å². The summed E-state index contributed by atoms with van der Waals surface area (Å²) < 4.78 is 0. The van der Waals surface area contributed by atoms with Crippen molar-refractivity contribution in [3.63, 3.8) is 0 Å². The molecule has 0 amide bonds. The molecule has 3 rings (SSSR count). The van der Waals surface area contributed by atoms with Crippen molar-refractivity contribution in [1.82, 2.24) is 4.90 Å². The van der Waals surface area contributed by atoms with Gasteiger partial charge in [-0.1, -0.05) is 11.6 Å². The maximum atomic E-state index is 6.02. The van der Waals surface area contributed by atoms with Gasteiger partial charge in [0.2, 0.25) is 0 Å². The summed E-state index contributed by atoms with van der Waals surface area (Å²) in [6.45, 7) is 1.11. The second kappa shape index (κ2) is 3.17. The number of benzene rings is 1. The van der Waals surface area contributed by atoms with E-state index in [1.165, 1.54) is 16.8 Å². The van der Waals surface area contributed by atoms with Crippen LogP contribution < -0.4 is 5.32 Å². The molecule has 0 radical (unpaired) electrons. The molecule has 2 nitrogen and oxygen atoms in total. The summed E-state index contributed by atoms with van der Waals surface area (Å²) in [6, 6.07) is 6.54. The van der Waals surface area contributed by atoms with Gasteiger partial charge in [0.1, 0.15) is 0 Å². The Bertz CT molecular complexity index is 439. The molecular formula is C12H13ClN2. The van der Waals surface area contributed by atoms with E-state index in [9.17, 15) is 0 Å². The van der Waals surface area contributed by atoms with Crippen LogP contribution in [-0.4, -0.2) is 24.5 Å². The number of halogens is 1. The number of anilines is 1. The minimum Gasteiger partial charge on any atom is -0.380 e. The molecule has 1 N–H and O–H groups in total. The van der Waals surface area contributed by atoms with Gasteiger partial charge in [-0.15, -0.1) is 0 Å². The fourth-order valence-corrected chi connectivity index (χ4v) is 2.53. The van der Waals surface area contributed by atoms with Crippen molar-refractivity contribution < 1.29 is 0 Å². The highest BCUT2D eigenvalue weighted by molar-refractivity contribution is 6.31. The van der Waals surface area contributed by atoms with Crippen molar-refractivity contribution in [2.24, 2.45) is 0 Å². The van der Waals surface area contributed by atoms with Gasteiger partial charge in [0, 0.05) is 36.1 Å². The minimum absolute atomic E-state index is 0.481. The molecule has 1 unspecified atom stereocenters. The normalized spacial score (nSPS) is 22.9. The Kier molecular flexibility index (Phi) is 1.93. The molecule has 0 bridgehead atoms. The molecule has 3 heteroatoms. The Morgan fingerprint density at radius 3 is 3.20 bits per heavy atom. The molecular weight excluding hydrogens is 208 g/mol. The van der Waals surface area contributed by atoms with Crippen molar-refractivity contribution in [3.05, 3.63) is 35.0 Å². The molecule has 15 heavy (non-hydrogen) atoms. The van der Waals surface area contributed by atoms with E-state index in [1.54, 1.807) is 0 Å². The molecule has 0 fully saturated rings. The fraction of sp³-hybridized carbons (Fsp3) is 0.333. The van der Waals surface area contributed by atoms with E-state index in [1.807, 2.05) is 6.07 Å². The van der Waals surface area contributed by atoms with Gasteiger partial charge in [-0.25, -0.2) is 0 Å².